The maximum Gasteiger partial charge on any atom is 0.245 e. The molecule has 2 heterocycles. The fraction of sp³-hybridized carbons (Fsp3) is 0.737. The predicted octanol–water partition coefficient (Wildman–Crippen LogP) is 2.27. The minimum absolute atomic E-state index is 0.107. The normalized spacial score (nSPS) is 22.8. The van der Waals surface area contributed by atoms with Crippen LogP contribution < -0.4 is 5.32 Å². The molecular formula is C19H30N4O2. The van der Waals surface area contributed by atoms with Crippen LogP contribution in [0.15, 0.2) is 12.4 Å². The standard InChI is InChI=1S/C19H30N4O2/c1-14-11-20-22(12-14)13-17-9-5-6-10-23(17)19(25)18(21-15(2)24)16-7-3-4-8-16/h11-12,16-18H,3-10,13H2,1-2H3,(H,21,24)/t17-,18+/m0/s1. The Hall–Kier alpha value is -1.85. The average molecular weight is 346 g/mol. The highest BCUT2D eigenvalue weighted by Gasteiger charge is 2.37. The van der Waals surface area contributed by atoms with Crippen molar-refractivity contribution >= 4 is 11.8 Å². The lowest BCUT2D eigenvalue weighted by atomic mass is 9.94. The Kier molecular flexibility index (Phi) is 5.76. The van der Waals surface area contributed by atoms with Crippen molar-refractivity contribution < 1.29 is 9.59 Å². The molecule has 1 aromatic rings. The van der Waals surface area contributed by atoms with Gasteiger partial charge in [0.05, 0.1) is 18.8 Å². The Bertz CT molecular complexity index is 606. The number of carbonyl (C=O) groups is 2. The number of amides is 2. The molecule has 2 atom stereocenters. The van der Waals surface area contributed by atoms with Gasteiger partial charge < -0.3 is 10.2 Å². The molecule has 2 fully saturated rings. The van der Waals surface area contributed by atoms with Gasteiger partial charge in [-0.25, -0.2) is 0 Å². The van der Waals surface area contributed by atoms with E-state index >= 15 is 0 Å². The first-order chi connectivity index (χ1) is 12.0. The van der Waals surface area contributed by atoms with Crippen LogP contribution in [-0.4, -0.2) is 45.1 Å². The van der Waals surface area contributed by atoms with Crippen molar-refractivity contribution in [3.05, 3.63) is 18.0 Å². The topological polar surface area (TPSA) is 67.2 Å². The van der Waals surface area contributed by atoms with Crippen molar-refractivity contribution in [1.29, 1.82) is 0 Å². The van der Waals surface area contributed by atoms with Crippen molar-refractivity contribution in [3.8, 4) is 0 Å². The Morgan fingerprint density at radius 1 is 1.24 bits per heavy atom. The predicted molar refractivity (Wildman–Crippen MR) is 95.9 cm³/mol. The first-order valence-electron chi connectivity index (χ1n) is 9.61. The molecule has 1 N–H and O–H groups in total. The van der Waals surface area contributed by atoms with E-state index in [1.54, 1.807) is 0 Å². The minimum Gasteiger partial charge on any atom is -0.344 e. The van der Waals surface area contributed by atoms with Crippen molar-refractivity contribution in [2.24, 2.45) is 5.92 Å². The number of aromatic nitrogens is 2. The highest BCUT2D eigenvalue weighted by molar-refractivity contribution is 5.87. The molecule has 0 bridgehead atoms. The number of aryl methyl sites for hydroxylation is 1. The summed E-state index contributed by atoms with van der Waals surface area (Å²) in [6.45, 7) is 5.05. The highest BCUT2D eigenvalue weighted by atomic mass is 16.2. The largest absolute Gasteiger partial charge is 0.344 e. The van der Waals surface area contributed by atoms with Gasteiger partial charge in [-0.3, -0.25) is 14.3 Å². The summed E-state index contributed by atoms with van der Waals surface area (Å²) in [5.41, 5.74) is 1.13. The van der Waals surface area contributed by atoms with E-state index in [0.717, 1.165) is 63.6 Å². The van der Waals surface area contributed by atoms with Gasteiger partial charge in [-0.05, 0) is 50.5 Å². The van der Waals surface area contributed by atoms with Crippen LogP contribution in [-0.2, 0) is 16.1 Å². The molecule has 138 valence electrons. The highest BCUT2D eigenvalue weighted by Crippen LogP contribution is 2.30. The summed E-state index contributed by atoms with van der Waals surface area (Å²) in [6.07, 6.45) is 11.4. The average Bonchev–Trinajstić information content (AvgIpc) is 3.24. The van der Waals surface area contributed by atoms with Crippen LogP contribution in [0.3, 0.4) is 0 Å². The van der Waals surface area contributed by atoms with Crippen molar-refractivity contribution in [2.45, 2.75) is 77.4 Å². The van der Waals surface area contributed by atoms with Crippen LogP contribution in [0.2, 0.25) is 0 Å². The second-order valence-corrected chi connectivity index (χ2v) is 7.64. The van der Waals surface area contributed by atoms with Gasteiger partial charge in [-0.15, -0.1) is 0 Å². The lowest BCUT2D eigenvalue weighted by Gasteiger charge is -2.39. The maximum absolute atomic E-state index is 13.3. The van der Waals surface area contributed by atoms with E-state index in [1.165, 1.54) is 6.92 Å². The number of likely N-dealkylation sites (tertiary alicyclic amines) is 1. The third-order valence-electron chi connectivity index (χ3n) is 5.57. The molecule has 0 spiro atoms. The molecule has 1 aliphatic carbocycles. The molecule has 0 aromatic carbocycles. The molecule has 3 rings (SSSR count). The zero-order valence-corrected chi connectivity index (χ0v) is 15.4. The zero-order valence-electron chi connectivity index (χ0n) is 15.4. The summed E-state index contributed by atoms with van der Waals surface area (Å²) in [7, 11) is 0. The summed E-state index contributed by atoms with van der Waals surface area (Å²) in [5, 5.41) is 7.34. The van der Waals surface area contributed by atoms with Crippen LogP contribution in [0.1, 0.15) is 57.4 Å². The van der Waals surface area contributed by atoms with E-state index in [0.29, 0.717) is 0 Å². The number of nitrogens with zero attached hydrogens (tertiary/aromatic N) is 3. The van der Waals surface area contributed by atoms with E-state index in [2.05, 4.69) is 10.4 Å². The summed E-state index contributed by atoms with van der Waals surface area (Å²) in [6, 6.07) is -0.196. The first-order valence-corrected chi connectivity index (χ1v) is 9.61. The van der Waals surface area contributed by atoms with Crippen LogP contribution in [0, 0.1) is 12.8 Å². The number of piperidine rings is 1. The molecule has 6 heteroatoms. The van der Waals surface area contributed by atoms with Gasteiger partial charge in [0.15, 0.2) is 0 Å². The van der Waals surface area contributed by atoms with Crippen LogP contribution >= 0.6 is 0 Å². The number of hydrogen-bond donors (Lipinski definition) is 1. The van der Waals surface area contributed by atoms with Gasteiger partial charge in [0.25, 0.3) is 0 Å². The minimum atomic E-state index is -0.361. The number of hydrogen-bond acceptors (Lipinski definition) is 3. The molecular weight excluding hydrogens is 316 g/mol. The monoisotopic (exact) mass is 346 g/mol. The first kappa shape index (κ1) is 18.0. The van der Waals surface area contributed by atoms with Crippen molar-refractivity contribution in [1.82, 2.24) is 20.0 Å². The molecule has 1 saturated carbocycles. The number of rotatable bonds is 5. The number of nitrogens with one attached hydrogen (secondary N) is 1. The third-order valence-corrected chi connectivity index (χ3v) is 5.57. The second-order valence-electron chi connectivity index (χ2n) is 7.64. The van der Waals surface area contributed by atoms with Gasteiger partial charge in [0.2, 0.25) is 11.8 Å². The van der Waals surface area contributed by atoms with Crippen molar-refractivity contribution in [3.63, 3.8) is 0 Å². The Morgan fingerprint density at radius 2 is 1.96 bits per heavy atom. The molecule has 1 aromatic heterocycles. The van der Waals surface area contributed by atoms with Gasteiger partial charge in [0, 0.05) is 19.7 Å². The van der Waals surface area contributed by atoms with Crippen LogP contribution in [0.5, 0.6) is 0 Å². The molecule has 2 amide bonds. The maximum atomic E-state index is 13.3. The van der Waals surface area contributed by atoms with Gasteiger partial charge in [-0.1, -0.05) is 12.8 Å². The lowest BCUT2D eigenvalue weighted by molar-refractivity contribution is -0.141. The fourth-order valence-electron chi connectivity index (χ4n) is 4.33. The van der Waals surface area contributed by atoms with Gasteiger partial charge >= 0.3 is 0 Å². The lowest BCUT2D eigenvalue weighted by Crippen LogP contribution is -2.56. The molecule has 2 aliphatic rings. The van der Waals surface area contributed by atoms with E-state index in [4.69, 9.17) is 0 Å². The Labute approximate surface area is 149 Å². The fourth-order valence-corrected chi connectivity index (χ4v) is 4.33. The summed E-state index contributed by atoms with van der Waals surface area (Å²) < 4.78 is 1.94. The summed E-state index contributed by atoms with van der Waals surface area (Å²) >= 11 is 0. The van der Waals surface area contributed by atoms with E-state index in [1.807, 2.05) is 28.9 Å². The molecule has 25 heavy (non-hydrogen) atoms. The molecule has 1 saturated heterocycles. The molecule has 0 unspecified atom stereocenters. The van der Waals surface area contributed by atoms with E-state index in [-0.39, 0.29) is 29.8 Å². The van der Waals surface area contributed by atoms with Gasteiger partial charge in [-0.2, -0.15) is 5.10 Å². The molecule has 1 aliphatic heterocycles. The Balaban J connectivity index is 1.74. The second kappa shape index (κ2) is 8.02. The van der Waals surface area contributed by atoms with Crippen LogP contribution in [0.25, 0.3) is 0 Å². The molecule has 0 radical (unpaired) electrons. The summed E-state index contributed by atoms with van der Waals surface area (Å²) in [5.74, 6) is 0.281. The summed E-state index contributed by atoms with van der Waals surface area (Å²) in [4.78, 5) is 27.0. The zero-order chi connectivity index (χ0) is 17.8. The third kappa shape index (κ3) is 4.41. The SMILES string of the molecule is CC(=O)N[C@@H](C(=O)N1CCCC[C@H]1Cn1cc(C)cn1)C1CCCC1. The smallest absolute Gasteiger partial charge is 0.245 e. The molecule has 6 nitrogen and oxygen atoms in total. The quantitative estimate of drug-likeness (QED) is 0.889. The Morgan fingerprint density at radius 3 is 2.60 bits per heavy atom. The van der Waals surface area contributed by atoms with E-state index < -0.39 is 0 Å². The van der Waals surface area contributed by atoms with Crippen molar-refractivity contribution in [2.75, 3.05) is 6.54 Å². The van der Waals surface area contributed by atoms with Gasteiger partial charge in [0.1, 0.15) is 6.04 Å². The van der Waals surface area contributed by atoms with Crippen LogP contribution in [0.4, 0.5) is 0 Å². The van der Waals surface area contributed by atoms with E-state index in [9.17, 15) is 9.59 Å². The number of carbonyl (C=O) groups excluding carboxylic acids is 2.